The molecule has 3 rings (SSSR count). The van der Waals surface area contributed by atoms with Crippen molar-refractivity contribution in [3.8, 4) is 5.75 Å². The van der Waals surface area contributed by atoms with Gasteiger partial charge >= 0.3 is 0 Å². The zero-order chi connectivity index (χ0) is 19.3. The zero-order valence-corrected chi connectivity index (χ0v) is 17.3. The van der Waals surface area contributed by atoms with E-state index in [4.69, 9.17) is 17.0 Å². The van der Waals surface area contributed by atoms with Crippen molar-refractivity contribution in [3.05, 3.63) is 48.5 Å². The van der Waals surface area contributed by atoms with Crippen LogP contribution in [0, 0.1) is 0 Å². The van der Waals surface area contributed by atoms with Gasteiger partial charge in [0.05, 0.1) is 12.0 Å². The minimum atomic E-state index is -3.66. The summed E-state index contributed by atoms with van der Waals surface area (Å²) in [6, 6.07) is 13.3. The van der Waals surface area contributed by atoms with Gasteiger partial charge in [-0.05, 0) is 60.7 Å². The summed E-state index contributed by atoms with van der Waals surface area (Å²) in [6.07, 6.45) is 0. The molecule has 0 aromatic heterocycles. The van der Waals surface area contributed by atoms with Gasteiger partial charge < -0.3 is 15.0 Å². The summed E-state index contributed by atoms with van der Waals surface area (Å²) in [6.45, 7) is 1.85. The molecule has 6 nitrogen and oxygen atoms in total. The summed E-state index contributed by atoms with van der Waals surface area (Å²) in [5.74, 6) is 2.79. The number of ether oxygens (including phenoxy) is 1. The predicted molar refractivity (Wildman–Crippen MR) is 115 cm³/mol. The number of anilines is 2. The van der Waals surface area contributed by atoms with Crippen LogP contribution in [0.1, 0.15) is 0 Å². The molecular formula is C18H21N3O3S3. The molecule has 2 N–H and O–H groups in total. The number of thioether (sulfide) groups is 1. The van der Waals surface area contributed by atoms with E-state index in [0.717, 1.165) is 30.3 Å². The third-order valence-corrected chi connectivity index (χ3v) is 6.76. The topological polar surface area (TPSA) is 70.7 Å². The predicted octanol–water partition coefficient (Wildman–Crippen LogP) is 3.24. The molecule has 2 aromatic carbocycles. The molecule has 0 saturated carbocycles. The van der Waals surface area contributed by atoms with Gasteiger partial charge in [-0.2, -0.15) is 11.8 Å². The quantitative estimate of drug-likeness (QED) is 0.716. The molecule has 2 aromatic rings. The van der Waals surface area contributed by atoms with Crippen LogP contribution in [0.3, 0.4) is 0 Å². The number of benzene rings is 2. The maximum Gasteiger partial charge on any atom is 0.261 e. The van der Waals surface area contributed by atoms with Crippen LogP contribution in [0.25, 0.3) is 0 Å². The Balaban J connectivity index is 1.65. The molecular weight excluding hydrogens is 402 g/mol. The molecule has 1 fully saturated rings. The molecule has 0 amide bonds. The van der Waals surface area contributed by atoms with E-state index in [-0.39, 0.29) is 4.90 Å². The number of nitrogens with zero attached hydrogens (tertiary/aromatic N) is 1. The Bertz CT molecular complexity index is 878. The molecule has 0 aliphatic carbocycles. The fraction of sp³-hybridized carbons (Fsp3) is 0.278. The molecule has 0 atom stereocenters. The smallest absolute Gasteiger partial charge is 0.261 e. The fourth-order valence-corrected chi connectivity index (χ4v) is 4.82. The molecule has 1 aliphatic heterocycles. The standard InChI is InChI=1S/C18H21N3O3S3/c1-24-16-6-2-15(3-7-16)20-27(22,23)17-8-4-14(5-9-17)19-18(25)21-10-12-26-13-11-21/h2-9,20H,10-13H2,1H3,(H,19,25). The highest BCUT2D eigenvalue weighted by Crippen LogP contribution is 2.21. The highest BCUT2D eigenvalue weighted by atomic mass is 32.2. The molecule has 144 valence electrons. The Morgan fingerprint density at radius 2 is 1.63 bits per heavy atom. The first-order chi connectivity index (χ1) is 13.0. The molecule has 27 heavy (non-hydrogen) atoms. The SMILES string of the molecule is COc1ccc(NS(=O)(=O)c2ccc(NC(=S)N3CCSCC3)cc2)cc1. The van der Waals surface area contributed by atoms with Crippen LogP contribution >= 0.6 is 24.0 Å². The van der Waals surface area contributed by atoms with Crippen LogP contribution < -0.4 is 14.8 Å². The average molecular weight is 424 g/mol. The van der Waals surface area contributed by atoms with Crippen LogP contribution in [0.15, 0.2) is 53.4 Å². The fourth-order valence-electron chi connectivity index (χ4n) is 2.56. The first-order valence-electron chi connectivity index (χ1n) is 8.38. The number of hydrogen-bond donors (Lipinski definition) is 2. The minimum absolute atomic E-state index is 0.184. The Labute approximate surface area is 169 Å². The highest BCUT2D eigenvalue weighted by molar-refractivity contribution is 7.99. The lowest BCUT2D eigenvalue weighted by Gasteiger charge is -2.29. The molecule has 1 aliphatic rings. The monoisotopic (exact) mass is 423 g/mol. The van der Waals surface area contributed by atoms with Crippen LogP contribution in [-0.2, 0) is 10.0 Å². The van der Waals surface area contributed by atoms with Gasteiger partial charge in [0.15, 0.2) is 5.11 Å². The van der Waals surface area contributed by atoms with Gasteiger partial charge in [0.25, 0.3) is 10.0 Å². The molecule has 0 bridgehead atoms. The second kappa shape index (κ2) is 8.81. The van der Waals surface area contributed by atoms with Crippen molar-refractivity contribution in [2.24, 2.45) is 0 Å². The van der Waals surface area contributed by atoms with E-state index in [2.05, 4.69) is 14.9 Å². The van der Waals surface area contributed by atoms with Crippen molar-refractivity contribution in [2.45, 2.75) is 4.90 Å². The van der Waals surface area contributed by atoms with E-state index in [1.807, 2.05) is 11.8 Å². The normalized spacial score (nSPS) is 14.5. The second-order valence-electron chi connectivity index (χ2n) is 5.89. The van der Waals surface area contributed by atoms with Gasteiger partial charge in [-0.25, -0.2) is 8.42 Å². The molecule has 1 heterocycles. The van der Waals surface area contributed by atoms with Crippen molar-refractivity contribution in [1.82, 2.24) is 4.90 Å². The molecule has 1 saturated heterocycles. The van der Waals surface area contributed by atoms with Gasteiger partial charge in [-0.3, -0.25) is 4.72 Å². The zero-order valence-electron chi connectivity index (χ0n) is 14.8. The van der Waals surface area contributed by atoms with Crippen molar-refractivity contribution in [2.75, 3.05) is 41.7 Å². The number of methoxy groups -OCH3 is 1. The highest BCUT2D eigenvalue weighted by Gasteiger charge is 2.16. The summed E-state index contributed by atoms with van der Waals surface area (Å²) in [7, 11) is -2.10. The lowest BCUT2D eigenvalue weighted by molar-refractivity contribution is 0.415. The third-order valence-electron chi connectivity index (χ3n) is 4.06. The first kappa shape index (κ1) is 19.8. The van der Waals surface area contributed by atoms with E-state index in [0.29, 0.717) is 16.5 Å². The summed E-state index contributed by atoms with van der Waals surface area (Å²) in [5.41, 5.74) is 1.24. The molecule has 0 radical (unpaired) electrons. The number of hydrogen-bond acceptors (Lipinski definition) is 5. The summed E-state index contributed by atoms with van der Waals surface area (Å²) >= 11 is 7.35. The van der Waals surface area contributed by atoms with Gasteiger partial charge in [-0.15, -0.1) is 0 Å². The Kier molecular flexibility index (Phi) is 6.46. The Morgan fingerprint density at radius 1 is 1.04 bits per heavy atom. The van der Waals surface area contributed by atoms with Crippen molar-refractivity contribution >= 4 is 50.5 Å². The van der Waals surface area contributed by atoms with Crippen LogP contribution in [0.5, 0.6) is 5.75 Å². The van der Waals surface area contributed by atoms with Crippen LogP contribution in [-0.4, -0.2) is 50.1 Å². The number of rotatable bonds is 5. The third kappa shape index (κ3) is 5.27. The van der Waals surface area contributed by atoms with E-state index in [9.17, 15) is 8.42 Å². The van der Waals surface area contributed by atoms with Gasteiger partial charge in [0.2, 0.25) is 0 Å². The van der Waals surface area contributed by atoms with Crippen LogP contribution in [0.4, 0.5) is 11.4 Å². The second-order valence-corrected chi connectivity index (χ2v) is 9.18. The Hall–Kier alpha value is -1.97. The van der Waals surface area contributed by atoms with Crippen molar-refractivity contribution < 1.29 is 13.2 Å². The van der Waals surface area contributed by atoms with Gasteiger partial charge in [0.1, 0.15) is 5.75 Å². The van der Waals surface area contributed by atoms with Gasteiger partial charge in [-0.1, -0.05) is 0 Å². The maximum atomic E-state index is 12.5. The van der Waals surface area contributed by atoms with E-state index in [1.165, 1.54) is 0 Å². The first-order valence-corrected chi connectivity index (χ1v) is 11.4. The molecule has 0 unspecified atom stereocenters. The molecule has 0 spiro atoms. The van der Waals surface area contributed by atoms with E-state index < -0.39 is 10.0 Å². The van der Waals surface area contributed by atoms with Gasteiger partial charge in [0, 0.05) is 36.0 Å². The van der Waals surface area contributed by atoms with Crippen molar-refractivity contribution in [3.63, 3.8) is 0 Å². The number of nitrogens with one attached hydrogen (secondary N) is 2. The summed E-state index contributed by atoms with van der Waals surface area (Å²) in [5, 5.41) is 3.84. The summed E-state index contributed by atoms with van der Waals surface area (Å²) < 4.78 is 32.7. The number of thiocarbonyl (C=S) groups is 1. The summed E-state index contributed by atoms with van der Waals surface area (Å²) in [4.78, 5) is 2.31. The maximum absolute atomic E-state index is 12.5. The van der Waals surface area contributed by atoms with E-state index in [1.54, 1.807) is 55.6 Å². The number of sulfonamides is 1. The molecule has 9 heteroatoms. The minimum Gasteiger partial charge on any atom is -0.497 e. The largest absolute Gasteiger partial charge is 0.497 e. The Morgan fingerprint density at radius 3 is 2.22 bits per heavy atom. The van der Waals surface area contributed by atoms with Crippen molar-refractivity contribution in [1.29, 1.82) is 0 Å². The lowest BCUT2D eigenvalue weighted by Crippen LogP contribution is -2.40. The average Bonchev–Trinajstić information content (AvgIpc) is 2.69. The lowest BCUT2D eigenvalue weighted by atomic mass is 10.3. The van der Waals surface area contributed by atoms with E-state index >= 15 is 0 Å². The van der Waals surface area contributed by atoms with Crippen LogP contribution in [0.2, 0.25) is 0 Å².